The monoisotopic (exact) mass is 534 g/mol. The van der Waals surface area contributed by atoms with Crippen LogP contribution >= 0.6 is 0 Å². The molecule has 37 heavy (non-hydrogen) atoms. The van der Waals surface area contributed by atoms with Crippen molar-refractivity contribution >= 4 is 33.2 Å². The summed E-state index contributed by atoms with van der Waals surface area (Å²) in [5.41, 5.74) is 1.17. The van der Waals surface area contributed by atoms with E-state index < -0.39 is 33.4 Å². The van der Waals surface area contributed by atoms with Crippen molar-refractivity contribution in [1.29, 1.82) is 0 Å². The molecule has 0 unspecified atom stereocenters. The second-order valence-corrected chi connectivity index (χ2v) is 10.7. The standard InChI is InChI=1S/C25H34N4O7S/c1-7-18(3)26-25(31)19(4)27(15-20-11-9-8-10-17(20)2)24(30)16-28(37(6,34)35)22-14-21(29(32)33)12-13-23(22)36-5/h8-14,18-19H,7,15-16H2,1-6H3,(H,26,31)/t18-,19-/m0/s1. The van der Waals surface area contributed by atoms with Crippen LogP contribution in [0.1, 0.15) is 38.3 Å². The molecule has 0 spiro atoms. The normalized spacial score (nSPS) is 12.8. The van der Waals surface area contributed by atoms with E-state index in [-0.39, 0.29) is 35.6 Å². The summed E-state index contributed by atoms with van der Waals surface area (Å²) in [5.74, 6) is -0.999. The second-order valence-electron chi connectivity index (χ2n) is 8.82. The first-order chi connectivity index (χ1) is 17.3. The summed E-state index contributed by atoms with van der Waals surface area (Å²) in [7, 11) is -2.80. The number of amides is 2. The number of hydrogen-bond donors (Lipinski definition) is 1. The van der Waals surface area contributed by atoms with Crippen LogP contribution in [-0.2, 0) is 26.2 Å². The zero-order chi connectivity index (χ0) is 27.9. The Morgan fingerprint density at radius 1 is 1.16 bits per heavy atom. The number of nitrogens with one attached hydrogen (secondary N) is 1. The molecule has 0 heterocycles. The van der Waals surface area contributed by atoms with Crippen LogP contribution in [0, 0.1) is 17.0 Å². The molecule has 12 heteroatoms. The predicted molar refractivity (Wildman–Crippen MR) is 141 cm³/mol. The molecule has 0 aliphatic rings. The number of benzene rings is 2. The van der Waals surface area contributed by atoms with Crippen LogP contribution in [0.15, 0.2) is 42.5 Å². The van der Waals surface area contributed by atoms with Gasteiger partial charge in [-0.25, -0.2) is 8.42 Å². The van der Waals surface area contributed by atoms with Gasteiger partial charge in [0.1, 0.15) is 24.0 Å². The summed E-state index contributed by atoms with van der Waals surface area (Å²) in [6.07, 6.45) is 1.59. The molecule has 2 aromatic rings. The number of methoxy groups -OCH3 is 1. The first kappa shape index (κ1) is 29.6. The van der Waals surface area contributed by atoms with Gasteiger partial charge in [-0.3, -0.25) is 24.0 Å². The summed E-state index contributed by atoms with van der Waals surface area (Å²) in [5, 5.41) is 14.2. The second kappa shape index (κ2) is 12.5. The molecule has 0 fully saturated rings. The van der Waals surface area contributed by atoms with Gasteiger partial charge in [0.2, 0.25) is 21.8 Å². The summed E-state index contributed by atoms with van der Waals surface area (Å²) >= 11 is 0. The van der Waals surface area contributed by atoms with Crippen molar-refractivity contribution in [2.75, 3.05) is 24.2 Å². The number of aryl methyl sites for hydroxylation is 1. The lowest BCUT2D eigenvalue weighted by atomic mass is 10.1. The van der Waals surface area contributed by atoms with Gasteiger partial charge in [-0.1, -0.05) is 31.2 Å². The van der Waals surface area contributed by atoms with Crippen molar-refractivity contribution in [3.05, 3.63) is 63.7 Å². The molecule has 202 valence electrons. The maximum atomic E-state index is 13.7. The lowest BCUT2D eigenvalue weighted by Crippen LogP contribution is -2.52. The number of ether oxygens (including phenoxy) is 1. The molecule has 0 radical (unpaired) electrons. The molecular weight excluding hydrogens is 500 g/mol. The van der Waals surface area contributed by atoms with E-state index in [9.17, 15) is 28.1 Å². The van der Waals surface area contributed by atoms with E-state index in [1.165, 1.54) is 24.1 Å². The predicted octanol–water partition coefficient (Wildman–Crippen LogP) is 3.01. The van der Waals surface area contributed by atoms with Crippen LogP contribution < -0.4 is 14.4 Å². The van der Waals surface area contributed by atoms with Crippen molar-refractivity contribution in [3.8, 4) is 5.75 Å². The number of nitro groups is 1. The minimum absolute atomic E-state index is 0.0387. The summed E-state index contributed by atoms with van der Waals surface area (Å²) < 4.78 is 31.6. The molecule has 11 nitrogen and oxygen atoms in total. The summed E-state index contributed by atoms with van der Waals surface area (Å²) in [4.78, 5) is 38.6. The number of carbonyl (C=O) groups excluding carboxylic acids is 2. The smallest absolute Gasteiger partial charge is 0.271 e. The lowest BCUT2D eigenvalue weighted by Gasteiger charge is -2.32. The SMILES string of the molecule is CC[C@H](C)NC(=O)[C@H](C)N(Cc1ccccc1C)C(=O)CN(c1cc([N+](=O)[O-])ccc1OC)S(C)(=O)=O. The van der Waals surface area contributed by atoms with E-state index in [2.05, 4.69) is 5.32 Å². The fourth-order valence-corrected chi connectivity index (χ4v) is 4.45. The van der Waals surface area contributed by atoms with E-state index in [0.29, 0.717) is 6.42 Å². The highest BCUT2D eigenvalue weighted by Crippen LogP contribution is 2.34. The van der Waals surface area contributed by atoms with Crippen molar-refractivity contribution in [3.63, 3.8) is 0 Å². The zero-order valence-corrected chi connectivity index (χ0v) is 22.7. The molecule has 2 amide bonds. The molecule has 0 aromatic heterocycles. The van der Waals surface area contributed by atoms with E-state index in [4.69, 9.17) is 4.74 Å². The van der Waals surface area contributed by atoms with Gasteiger partial charge in [0.25, 0.3) is 5.69 Å². The molecule has 0 bridgehead atoms. The quantitative estimate of drug-likeness (QED) is 0.326. The average Bonchev–Trinajstić information content (AvgIpc) is 2.84. The molecule has 0 saturated carbocycles. The summed E-state index contributed by atoms with van der Waals surface area (Å²) in [6.45, 7) is 6.58. The maximum Gasteiger partial charge on any atom is 0.271 e. The number of sulfonamides is 1. The van der Waals surface area contributed by atoms with Crippen molar-refractivity contribution in [1.82, 2.24) is 10.2 Å². The molecule has 1 N–H and O–H groups in total. The molecule has 2 aromatic carbocycles. The van der Waals surface area contributed by atoms with E-state index in [1.54, 1.807) is 6.92 Å². The molecular formula is C25H34N4O7S. The maximum absolute atomic E-state index is 13.7. The Labute approximate surface area is 217 Å². The van der Waals surface area contributed by atoms with E-state index >= 15 is 0 Å². The fraction of sp³-hybridized carbons (Fsp3) is 0.440. The van der Waals surface area contributed by atoms with Crippen molar-refractivity contribution in [2.45, 2.75) is 52.7 Å². The first-order valence-electron chi connectivity index (χ1n) is 11.7. The Bertz CT molecular complexity index is 1250. The molecule has 0 saturated heterocycles. The Morgan fingerprint density at radius 3 is 2.35 bits per heavy atom. The van der Waals surface area contributed by atoms with E-state index in [0.717, 1.165) is 27.8 Å². The Morgan fingerprint density at radius 2 is 1.81 bits per heavy atom. The Balaban J connectivity index is 2.53. The third-order valence-corrected chi connectivity index (χ3v) is 7.22. The van der Waals surface area contributed by atoms with Crippen molar-refractivity contribution < 1.29 is 27.7 Å². The number of carbonyl (C=O) groups is 2. The van der Waals surface area contributed by atoms with Gasteiger partial charge in [-0.05, 0) is 44.4 Å². The van der Waals surface area contributed by atoms with Gasteiger partial charge >= 0.3 is 0 Å². The van der Waals surface area contributed by atoms with Gasteiger partial charge < -0.3 is 15.0 Å². The molecule has 2 rings (SSSR count). The number of nitrogens with zero attached hydrogens (tertiary/aromatic N) is 3. The molecule has 2 atom stereocenters. The average molecular weight is 535 g/mol. The lowest BCUT2D eigenvalue weighted by molar-refractivity contribution is -0.384. The van der Waals surface area contributed by atoms with Crippen LogP contribution in [0.2, 0.25) is 0 Å². The van der Waals surface area contributed by atoms with E-state index in [1.807, 2.05) is 45.0 Å². The van der Waals surface area contributed by atoms with Crippen LogP contribution in [-0.4, -0.2) is 62.0 Å². The number of anilines is 1. The van der Waals surface area contributed by atoms with Crippen LogP contribution in [0.3, 0.4) is 0 Å². The largest absolute Gasteiger partial charge is 0.495 e. The van der Waals surface area contributed by atoms with Crippen LogP contribution in [0.5, 0.6) is 5.75 Å². The fourth-order valence-electron chi connectivity index (χ4n) is 3.60. The summed E-state index contributed by atoms with van der Waals surface area (Å²) in [6, 6.07) is 9.81. The topological polar surface area (TPSA) is 139 Å². The Kier molecular flexibility index (Phi) is 10.0. The first-order valence-corrected chi connectivity index (χ1v) is 13.6. The third kappa shape index (κ3) is 7.66. The molecule has 0 aliphatic heterocycles. The number of hydrogen-bond acceptors (Lipinski definition) is 7. The number of rotatable bonds is 12. The minimum atomic E-state index is -4.09. The third-order valence-electron chi connectivity index (χ3n) is 6.09. The highest BCUT2D eigenvalue weighted by atomic mass is 32.2. The van der Waals surface area contributed by atoms with Gasteiger partial charge in [0, 0.05) is 24.7 Å². The molecule has 0 aliphatic carbocycles. The highest BCUT2D eigenvalue weighted by Gasteiger charge is 2.32. The van der Waals surface area contributed by atoms with Gasteiger partial charge in [-0.2, -0.15) is 0 Å². The van der Waals surface area contributed by atoms with Crippen LogP contribution in [0.25, 0.3) is 0 Å². The highest BCUT2D eigenvalue weighted by molar-refractivity contribution is 7.92. The minimum Gasteiger partial charge on any atom is -0.495 e. The van der Waals surface area contributed by atoms with Crippen molar-refractivity contribution in [2.24, 2.45) is 0 Å². The number of nitro benzene ring substituents is 1. The number of non-ortho nitro benzene ring substituents is 1. The van der Waals surface area contributed by atoms with Gasteiger partial charge in [0.15, 0.2) is 0 Å². The van der Waals surface area contributed by atoms with Gasteiger partial charge in [0.05, 0.1) is 18.3 Å². The zero-order valence-electron chi connectivity index (χ0n) is 21.9. The van der Waals surface area contributed by atoms with Gasteiger partial charge in [-0.15, -0.1) is 0 Å². The Hall–Kier alpha value is -3.67. The van der Waals surface area contributed by atoms with Crippen LogP contribution in [0.4, 0.5) is 11.4 Å².